The molecule has 0 N–H and O–H groups in total. The SMILES string of the molecule is Cc1c(-c2ccc3ccccc3c2)ccn1-c1ccccc1. The third-order valence-corrected chi connectivity index (χ3v) is 4.24. The standard InChI is InChI=1S/C21H17N/c1-16-21(13-14-22(16)20-9-3-2-4-10-20)19-12-11-17-7-5-6-8-18(17)15-19/h2-15H,1H3. The van der Waals surface area contributed by atoms with Gasteiger partial charge >= 0.3 is 0 Å². The van der Waals surface area contributed by atoms with Crippen molar-refractivity contribution >= 4 is 10.8 Å². The molecule has 0 saturated heterocycles. The van der Waals surface area contributed by atoms with E-state index in [0.717, 1.165) is 0 Å². The van der Waals surface area contributed by atoms with Gasteiger partial charge in [0.05, 0.1) is 0 Å². The fourth-order valence-electron chi connectivity index (χ4n) is 3.04. The van der Waals surface area contributed by atoms with Crippen LogP contribution in [0.3, 0.4) is 0 Å². The van der Waals surface area contributed by atoms with Gasteiger partial charge in [-0.05, 0) is 47.5 Å². The van der Waals surface area contributed by atoms with E-state index in [1.165, 1.54) is 33.3 Å². The molecule has 0 saturated carbocycles. The monoisotopic (exact) mass is 283 g/mol. The summed E-state index contributed by atoms with van der Waals surface area (Å²) in [5, 5.41) is 2.57. The van der Waals surface area contributed by atoms with Gasteiger partial charge in [-0.25, -0.2) is 0 Å². The first kappa shape index (κ1) is 12.9. The molecule has 0 radical (unpaired) electrons. The highest BCUT2D eigenvalue weighted by Crippen LogP contribution is 2.29. The first-order chi connectivity index (χ1) is 10.8. The van der Waals surface area contributed by atoms with Crippen molar-refractivity contribution in [1.29, 1.82) is 0 Å². The minimum atomic E-state index is 1.20. The number of aromatic nitrogens is 1. The topological polar surface area (TPSA) is 4.93 Å². The van der Waals surface area contributed by atoms with Crippen molar-refractivity contribution in [2.24, 2.45) is 0 Å². The number of hydrogen-bond donors (Lipinski definition) is 0. The van der Waals surface area contributed by atoms with Crippen LogP contribution in [0.5, 0.6) is 0 Å². The third-order valence-electron chi connectivity index (χ3n) is 4.24. The van der Waals surface area contributed by atoms with E-state index >= 15 is 0 Å². The molecule has 0 aliphatic heterocycles. The van der Waals surface area contributed by atoms with E-state index in [9.17, 15) is 0 Å². The number of para-hydroxylation sites is 1. The maximum Gasteiger partial charge on any atom is 0.0452 e. The lowest BCUT2D eigenvalue weighted by Gasteiger charge is -2.08. The lowest BCUT2D eigenvalue weighted by atomic mass is 10.0. The lowest BCUT2D eigenvalue weighted by Crippen LogP contribution is -1.94. The molecule has 22 heavy (non-hydrogen) atoms. The molecule has 4 aromatic rings. The molecule has 3 aromatic carbocycles. The molecular weight excluding hydrogens is 266 g/mol. The van der Waals surface area contributed by atoms with E-state index in [2.05, 4.69) is 90.5 Å². The van der Waals surface area contributed by atoms with Crippen molar-refractivity contribution in [2.75, 3.05) is 0 Å². The molecule has 0 amide bonds. The van der Waals surface area contributed by atoms with E-state index in [1.54, 1.807) is 0 Å². The van der Waals surface area contributed by atoms with Gasteiger partial charge in [0.1, 0.15) is 0 Å². The van der Waals surface area contributed by atoms with Crippen molar-refractivity contribution < 1.29 is 0 Å². The van der Waals surface area contributed by atoms with Gasteiger partial charge < -0.3 is 4.57 Å². The molecule has 1 heteroatoms. The van der Waals surface area contributed by atoms with Crippen molar-refractivity contribution in [3.63, 3.8) is 0 Å². The maximum atomic E-state index is 2.27. The molecule has 1 heterocycles. The van der Waals surface area contributed by atoms with Crippen LogP contribution in [0.25, 0.3) is 27.6 Å². The zero-order valence-corrected chi connectivity index (χ0v) is 12.5. The second kappa shape index (κ2) is 5.19. The van der Waals surface area contributed by atoms with Gasteiger partial charge in [-0.1, -0.05) is 54.6 Å². The largest absolute Gasteiger partial charge is 0.321 e. The fourth-order valence-corrected chi connectivity index (χ4v) is 3.04. The van der Waals surface area contributed by atoms with Crippen molar-refractivity contribution in [1.82, 2.24) is 4.57 Å². The number of fused-ring (bicyclic) bond motifs is 1. The molecule has 0 spiro atoms. The van der Waals surface area contributed by atoms with Crippen LogP contribution in [0.4, 0.5) is 0 Å². The van der Waals surface area contributed by atoms with Gasteiger partial charge in [0.15, 0.2) is 0 Å². The van der Waals surface area contributed by atoms with E-state index in [-0.39, 0.29) is 0 Å². The minimum Gasteiger partial charge on any atom is -0.321 e. The second-order valence-electron chi connectivity index (χ2n) is 5.58. The maximum absolute atomic E-state index is 2.27. The minimum absolute atomic E-state index is 1.20. The van der Waals surface area contributed by atoms with Crippen LogP contribution in [0.1, 0.15) is 5.69 Å². The summed E-state index contributed by atoms with van der Waals surface area (Å²) in [5.41, 5.74) is 5.02. The van der Waals surface area contributed by atoms with Crippen LogP contribution in [0, 0.1) is 6.92 Å². The first-order valence-corrected chi connectivity index (χ1v) is 7.55. The first-order valence-electron chi connectivity index (χ1n) is 7.55. The molecule has 0 bridgehead atoms. The van der Waals surface area contributed by atoms with E-state index in [4.69, 9.17) is 0 Å². The summed E-state index contributed by atoms with van der Waals surface area (Å²) in [6.07, 6.45) is 2.15. The second-order valence-corrected chi connectivity index (χ2v) is 5.58. The Morgan fingerprint density at radius 1 is 0.682 bits per heavy atom. The Morgan fingerprint density at radius 3 is 2.23 bits per heavy atom. The summed E-state index contributed by atoms with van der Waals surface area (Å²) in [4.78, 5) is 0. The van der Waals surface area contributed by atoms with Crippen LogP contribution >= 0.6 is 0 Å². The van der Waals surface area contributed by atoms with Gasteiger partial charge in [-0.15, -0.1) is 0 Å². The van der Waals surface area contributed by atoms with E-state index < -0.39 is 0 Å². The van der Waals surface area contributed by atoms with Crippen LogP contribution in [0.15, 0.2) is 85.1 Å². The highest BCUT2D eigenvalue weighted by Gasteiger charge is 2.08. The highest BCUT2D eigenvalue weighted by atomic mass is 15.0. The molecule has 0 atom stereocenters. The van der Waals surface area contributed by atoms with E-state index in [0.29, 0.717) is 0 Å². The summed E-state index contributed by atoms with van der Waals surface area (Å²) < 4.78 is 2.24. The molecule has 0 aliphatic rings. The zero-order chi connectivity index (χ0) is 14.9. The van der Waals surface area contributed by atoms with Gasteiger partial charge in [0.2, 0.25) is 0 Å². The van der Waals surface area contributed by atoms with Gasteiger partial charge in [-0.3, -0.25) is 0 Å². The third kappa shape index (κ3) is 2.11. The average Bonchev–Trinajstić information content (AvgIpc) is 2.97. The molecular formula is C21H17N. The quantitative estimate of drug-likeness (QED) is 0.451. The summed E-state index contributed by atoms with van der Waals surface area (Å²) in [6.45, 7) is 2.18. The summed E-state index contributed by atoms with van der Waals surface area (Å²) >= 11 is 0. The molecule has 1 aromatic heterocycles. The molecule has 0 unspecified atom stereocenters. The molecule has 0 aliphatic carbocycles. The van der Waals surface area contributed by atoms with Gasteiger partial charge in [-0.2, -0.15) is 0 Å². The van der Waals surface area contributed by atoms with Crippen molar-refractivity contribution in [3.05, 3.63) is 90.8 Å². The predicted molar refractivity (Wildman–Crippen MR) is 93.4 cm³/mol. The predicted octanol–water partition coefficient (Wildman–Crippen LogP) is 5.61. The average molecular weight is 283 g/mol. The highest BCUT2D eigenvalue weighted by molar-refractivity contribution is 5.87. The molecule has 0 fully saturated rings. The van der Waals surface area contributed by atoms with Crippen LogP contribution < -0.4 is 0 Å². The van der Waals surface area contributed by atoms with Crippen molar-refractivity contribution in [3.8, 4) is 16.8 Å². The smallest absolute Gasteiger partial charge is 0.0452 e. The number of benzene rings is 3. The molecule has 1 nitrogen and oxygen atoms in total. The fraction of sp³-hybridized carbons (Fsp3) is 0.0476. The van der Waals surface area contributed by atoms with Crippen LogP contribution in [-0.2, 0) is 0 Å². The van der Waals surface area contributed by atoms with Crippen LogP contribution in [0.2, 0.25) is 0 Å². The Balaban J connectivity index is 1.84. The van der Waals surface area contributed by atoms with Gasteiger partial charge in [0, 0.05) is 23.1 Å². The molecule has 106 valence electrons. The normalized spacial score (nSPS) is 11.0. The van der Waals surface area contributed by atoms with Gasteiger partial charge in [0.25, 0.3) is 0 Å². The lowest BCUT2D eigenvalue weighted by molar-refractivity contribution is 1.02. The number of rotatable bonds is 2. The Kier molecular flexibility index (Phi) is 3.05. The van der Waals surface area contributed by atoms with E-state index in [1.807, 2.05) is 6.07 Å². The van der Waals surface area contributed by atoms with Crippen LogP contribution in [-0.4, -0.2) is 4.57 Å². The summed E-state index contributed by atoms with van der Waals surface area (Å²) in [5.74, 6) is 0. The Bertz CT molecular complexity index is 932. The number of hydrogen-bond acceptors (Lipinski definition) is 0. The molecule has 4 rings (SSSR count). The van der Waals surface area contributed by atoms with Crippen molar-refractivity contribution in [2.45, 2.75) is 6.92 Å². The Hall–Kier alpha value is -2.80. The Morgan fingerprint density at radius 2 is 1.41 bits per heavy atom. The summed E-state index contributed by atoms with van der Waals surface area (Å²) in [7, 11) is 0. The summed E-state index contributed by atoms with van der Waals surface area (Å²) in [6, 6.07) is 27.8. The zero-order valence-electron chi connectivity index (χ0n) is 12.5. The Labute approximate surface area is 130 Å². The number of nitrogens with zero attached hydrogens (tertiary/aromatic N) is 1.